The molecule has 0 aliphatic carbocycles. The predicted octanol–water partition coefficient (Wildman–Crippen LogP) is 3.37. The molecule has 0 atom stereocenters. The quantitative estimate of drug-likeness (QED) is 0.794. The van der Waals surface area contributed by atoms with Crippen LogP contribution in [0.2, 0.25) is 0 Å². The Kier molecular flexibility index (Phi) is 5.39. The molecule has 0 spiro atoms. The summed E-state index contributed by atoms with van der Waals surface area (Å²) in [6.07, 6.45) is 3.41. The molecule has 0 fully saturated rings. The molecule has 0 bridgehead atoms. The van der Waals surface area contributed by atoms with Crippen molar-refractivity contribution in [1.82, 2.24) is 15.1 Å². The van der Waals surface area contributed by atoms with Crippen LogP contribution in [0.15, 0.2) is 30.5 Å². The highest BCUT2D eigenvalue weighted by Crippen LogP contribution is 2.24. The third-order valence-electron chi connectivity index (χ3n) is 3.15. The Hall–Kier alpha value is -1.81. The van der Waals surface area contributed by atoms with Crippen LogP contribution in [0.1, 0.15) is 32.8 Å². The smallest absolute Gasteiger partial charge is 0.119 e. The third kappa shape index (κ3) is 4.33. The molecule has 0 aliphatic heterocycles. The van der Waals surface area contributed by atoms with Gasteiger partial charge in [0.25, 0.3) is 0 Å². The minimum Gasteiger partial charge on any atom is -0.491 e. The van der Waals surface area contributed by atoms with Crippen molar-refractivity contribution in [3.05, 3.63) is 36.0 Å². The maximum Gasteiger partial charge on any atom is 0.119 e. The lowest BCUT2D eigenvalue weighted by atomic mass is 10.1. The molecular formula is C17H25N3O. The summed E-state index contributed by atoms with van der Waals surface area (Å²) in [5.74, 6) is 0.898. The molecule has 1 heterocycles. The monoisotopic (exact) mass is 287 g/mol. The Morgan fingerprint density at radius 1 is 1.24 bits per heavy atom. The first-order chi connectivity index (χ1) is 10.1. The Morgan fingerprint density at radius 3 is 2.57 bits per heavy atom. The third-order valence-corrected chi connectivity index (χ3v) is 3.15. The highest BCUT2D eigenvalue weighted by Gasteiger charge is 2.10. The van der Waals surface area contributed by atoms with Gasteiger partial charge in [-0.15, -0.1) is 0 Å². The van der Waals surface area contributed by atoms with Crippen molar-refractivity contribution >= 4 is 0 Å². The molecule has 2 rings (SSSR count). The van der Waals surface area contributed by atoms with Gasteiger partial charge in [-0.05, 0) is 51.1 Å². The van der Waals surface area contributed by atoms with Crippen LogP contribution in [-0.2, 0) is 13.6 Å². The van der Waals surface area contributed by atoms with E-state index in [9.17, 15) is 0 Å². The van der Waals surface area contributed by atoms with Gasteiger partial charge >= 0.3 is 0 Å². The fraction of sp³-hybridized carbons (Fsp3) is 0.471. The topological polar surface area (TPSA) is 39.1 Å². The van der Waals surface area contributed by atoms with E-state index in [0.717, 1.165) is 36.5 Å². The van der Waals surface area contributed by atoms with Gasteiger partial charge in [0.05, 0.1) is 11.8 Å². The van der Waals surface area contributed by atoms with Crippen LogP contribution in [-0.4, -0.2) is 22.4 Å². The number of hydrogen-bond donors (Lipinski definition) is 1. The Morgan fingerprint density at radius 2 is 1.95 bits per heavy atom. The maximum absolute atomic E-state index is 5.68. The summed E-state index contributed by atoms with van der Waals surface area (Å²) in [5.41, 5.74) is 3.39. The van der Waals surface area contributed by atoms with Gasteiger partial charge in [-0.2, -0.15) is 5.10 Å². The maximum atomic E-state index is 5.68. The molecule has 0 aliphatic rings. The zero-order chi connectivity index (χ0) is 15.2. The molecule has 21 heavy (non-hydrogen) atoms. The van der Waals surface area contributed by atoms with Gasteiger partial charge in [-0.25, -0.2) is 0 Å². The summed E-state index contributed by atoms with van der Waals surface area (Å²) in [6.45, 7) is 8.11. The lowest BCUT2D eigenvalue weighted by Gasteiger charge is -2.10. The minimum atomic E-state index is 0.194. The van der Waals surface area contributed by atoms with Crippen molar-refractivity contribution in [2.45, 2.75) is 39.8 Å². The van der Waals surface area contributed by atoms with E-state index in [1.54, 1.807) is 0 Å². The molecule has 0 unspecified atom stereocenters. The highest BCUT2D eigenvalue weighted by atomic mass is 16.5. The second kappa shape index (κ2) is 7.27. The number of nitrogens with one attached hydrogen (secondary N) is 1. The normalized spacial score (nSPS) is 11.1. The molecule has 1 N–H and O–H groups in total. The average molecular weight is 287 g/mol. The number of ether oxygens (including phenoxy) is 1. The second-order valence-electron chi connectivity index (χ2n) is 5.54. The molecule has 1 aromatic heterocycles. The van der Waals surface area contributed by atoms with Crippen LogP contribution in [0.4, 0.5) is 0 Å². The molecule has 0 saturated carbocycles. The Labute approximate surface area is 127 Å². The van der Waals surface area contributed by atoms with E-state index < -0.39 is 0 Å². The van der Waals surface area contributed by atoms with Crippen LogP contribution >= 0.6 is 0 Å². The summed E-state index contributed by atoms with van der Waals surface area (Å²) in [7, 11) is 1.96. The summed E-state index contributed by atoms with van der Waals surface area (Å²) >= 11 is 0. The van der Waals surface area contributed by atoms with Gasteiger partial charge in [-0.1, -0.05) is 6.92 Å². The van der Waals surface area contributed by atoms with Crippen LogP contribution in [0, 0.1) is 0 Å². The number of aryl methyl sites for hydroxylation is 1. The van der Waals surface area contributed by atoms with Gasteiger partial charge in [-0.3, -0.25) is 4.68 Å². The molecular weight excluding hydrogens is 262 g/mol. The summed E-state index contributed by atoms with van der Waals surface area (Å²) in [5, 5.41) is 8.02. The number of rotatable bonds is 7. The predicted molar refractivity (Wildman–Crippen MR) is 86.4 cm³/mol. The van der Waals surface area contributed by atoms with Crippen molar-refractivity contribution in [3.8, 4) is 17.0 Å². The van der Waals surface area contributed by atoms with Gasteiger partial charge in [0.1, 0.15) is 5.75 Å². The molecule has 2 aromatic rings. The lowest BCUT2D eigenvalue weighted by molar-refractivity contribution is 0.242. The van der Waals surface area contributed by atoms with E-state index in [4.69, 9.17) is 4.74 Å². The molecule has 114 valence electrons. The van der Waals surface area contributed by atoms with Gasteiger partial charge in [0.15, 0.2) is 0 Å². The van der Waals surface area contributed by atoms with Crippen molar-refractivity contribution in [2.24, 2.45) is 7.05 Å². The van der Waals surface area contributed by atoms with Crippen molar-refractivity contribution in [1.29, 1.82) is 0 Å². The molecule has 4 heteroatoms. The molecule has 0 saturated heterocycles. The van der Waals surface area contributed by atoms with Crippen molar-refractivity contribution in [3.63, 3.8) is 0 Å². The first-order valence-electron chi connectivity index (χ1n) is 7.60. The molecule has 0 amide bonds. The molecule has 4 nitrogen and oxygen atoms in total. The van der Waals surface area contributed by atoms with Crippen molar-refractivity contribution in [2.75, 3.05) is 6.54 Å². The first-order valence-corrected chi connectivity index (χ1v) is 7.60. The van der Waals surface area contributed by atoms with Crippen molar-refractivity contribution < 1.29 is 4.74 Å². The van der Waals surface area contributed by atoms with Gasteiger partial charge in [0, 0.05) is 30.9 Å². The number of nitrogens with zero attached hydrogens (tertiary/aromatic N) is 2. The summed E-state index contributed by atoms with van der Waals surface area (Å²) in [6, 6.07) is 8.16. The van der Waals surface area contributed by atoms with E-state index in [-0.39, 0.29) is 6.10 Å². The van der Waals surface area contributed by atoms with Crippen LogP contribution in [0.5, 0.6) is 5.75 Å². The van der Waals surface area contributed by atoms with Crippen LogP contribution < -0.4 is 10.1 Å². The lowest BCUT2D eigenvalue weighted by Crippen LogP contribution is -2.13. The molecule has 0 radical (unpaired) electrons. The minimum absolute atomic E-state index is 0.194. The average Bonchev–Trinajstić information content (AvgIpc) is 2.80. The Balaban J connectivity index is 2.16. The fourth-order valence-corrected chi connectivity index (χ4v) is 2.27. The van der Waals surface area contributed by atoms with Crippen LogP contribution in [0.25, 0.3) is 11.3 Å². The number of hydrogen-bond acceptors (Lipinski definition) is 3. The number of benzene rings is 1. The summed E-state index contributed by atoms with van der Waals surface area (Å²) in [4.78, 5) is 0. The van der Waals surface area contributed by atoms with E-state index >= 15 is 0 Å². The zero-order valence-electron chi connectivity index (χ0n) is 13.4. The SMILES string of the molecule is CCCNCc1cn(C)nc1-c1ccc(OC(C)C)cc1. The largest absolute Gasteiger partial charge is 0.491 e. The number of aromatic nitrogens is 2. The van der Waals surface area contributed by atoms with Crippen LogP contribution in [0.3, 0.4) is 0 Å². The zero-order valence-corrected chi connectivity index (χ0v) is 13.4. The van der Waals surface area contributed by atoms with Gasteiger partial charge < -0.3 is 10.1 Å². The van der Waals surface area contributed by atoms with E-state index in [1.807, 2.05) is 37.7 Å². The van der Waals surface area contributed by atoms with E-state index in [0.29, 0.717) is 0 Å². The first kappa shape index (κ1) is 15.6. The highest BCUT2D eigenvalue weighted by molar-refractivity contribution is 5.63. The Bertz CT molecular complexity index is 558. The standard InChI is InChI=1S/C17H25N3O/c1-5-10-18-11-15-12-20(4)19-17(15)14-6-8-16(9-7-14)21-13(2)3/h6-9,12-13,18H,5,10-11H2,1-4H3. The summed E-state index contributed by atoms with van der Waals surface area (Å²) < 4.78 is 7.55. The molecule has 1 aromatic carbocycles. The second-order valence-corrected chi connectivity index (χ2v) is 5.54. The van der Waals surface area contributed by atoms with Gasteiger partial charge in [0.2, 0.25) is 0 Å². The van der Waals surface area contributed by atoms with E-state index in [2.05, 4.69) is 35.7 Å². The fourth-order valence-electron chi connectivity index (χ4n) is 2.27. The van der Waals surface area contributed by atoms with E-state index in [1.165, 1.54) is 5.56 Å².